The van der Waals surface area contributed by atoms with Crippen LogP contribution in [0, 0.1) is 12.7 Å². The second kappa shape index (κ2) is 9.70. The summed E-state index contributed by atoms with van der Waals surface area (Å²) >= 11 is 6.32. The summed E-state index contributed by atoms with van der Waals surface area (Å²) in [6.07, 6.45) is 6.47. The first-order valence-electron chi connectivity index (χ1n) is 11.9. The van der Waals surface area contributed by atoms with Crippen LogP contribution in [0.3, 0.4) is 0 Å². The highest BCUT2D eigenvalue weighted by molar-refractivity contribution is 6.31. The Hall–Kier alpha value is -3.00. The lowest BCUT2D eigenvalue weighted by atomic mass is 10.1. The average molecular weight is 482 g/mol. The highest BCUT2D eigenvalue weighted by Gasteiger charge is 2.26. The molecule has 0 aliphatic carbocycles. The molecule has 1 aromatic carbocycles. The van der Waals surface area contributed by atoms with Crippen LogP contribution in [-0.2, 0) is 0 Å². The second-order valence-corrected chi connectivity index (χ2v) is 9.42. The zero-order valence-electron chi connectivity index (χ0n) is 19.6. The fourth-order valence-corrected chi connectivity index (χ4v) is 4.89. The highest BCUT2D eigenvalue weighted by atomic mass is 35.5. The third-order valence-electron chi connectivity index (χ3n) is 6.75. The van der Waals surface area contributed by atoms with Crippen molar-refractivity contribution in [3.63, 3.8) is 0 Å². The van der Waals surface area contributed by atoms with Gasteiger partial charge in [-0.2, -0.15) is 4.98 Å². The number of aryl methyl sites for hydroxylation is 1. The Bertz CT molecular complexity index is 1170. The van der Waals surface area contributed by atoms with Crippen LogP contribution in [0.15, 0.2) is 36.7 Å². The molecular formula is C25H29ClFN7. The number of halogens is 2. The van der Waals surface area contributed by atoms with Gasteiger partial charge in [-0.25, -0.2) is 19.3 Å². The first-order chi connectivity index (χ1) is 16.5. The Balaban J connectivity index is 1.49. The van der Waals surface area contributed by atoms with Crippen molar-refractivity contribution < 1.29 is 4.39 Å². The van der Waals surface area contributed by atoms with E-state index in [0.29, 0.717) is 10.7 Å². The van der Waals surface area contributed by atoms with Crippen molar-refractivity contribution in [3.8, 4) is 11.3 Å². The van der Waals surface area contributed by atoms with E-state index < -0.39 is 0 Å². The lowest BCUT2D eigenvalue weighted by Crippen LogP contribution is -2.36. The lowest BCUT2D eigenvalue weighted by Gasteiger charge is -2.29. The molecule has 2 fully saturated rings. The van der Waals surface area contributed by atoms with E-state index in [2.05, 4.69) is 31.6 Å². The molecule has 0 saturated carbocycles. The molecule has 0 amide bonds. The minimum absolute atomic E-state index is 0.222. The Morgan fingerprint density at radius 2 is 1.74 bits per heavy atom. The van der Waals surface area contributed by atoms with Crippen molar-refractivity contribution in [1.82, 2.24) is 19.9 Å². The fraction of sp³-hybridized carbons (Fsp3) is 0.440. The summed E-state index contributed by atoms with van der Waals surface area (Å²) in [5, 5.41) is 0.422. The van der Waals surface area contributed by atoms with Gasteiger partial charge in [0.2, 0.25) is 5.95 Å². The van der Waals surface area contributed by atoms with Crippen LogP contribution in [0.25, 0.3) is 11.3 Å². The third kappa shape index (κ3) is 4.64. The zero-order valence-corrected chi connectivity index (χ0v) is 20.3. The average Bonchev–Trinajstić information content (AvgIpc) is 3.31. The van der Waals surface area contributed by atoms with Gasteiger partial charge < -0.3 is 14.7 Å². The van der Waals surface area contributed by atoms with E-state index in [9.17, 15) is 4.39 Å². The molecule has 2 saturated heterocycles. The van der Waals surface area contributed by atoms with Crippen molar-refractivity contribution in [1.29, 1.82) is 0 Å². The fourth-order valence-electron chi connectivity index (χ4n) is 4.66. The highest BCUT2D eigenvalue weighted by Crippen LogP contribution is 2.30. The molecule has 2 aliphatic rings. The number of hydrogen-bond donors (Lipinski definition) is 0. The summed E-state index contributed by atoms with van der Waals surface area (Å²) in [5.41, 5.74) is 2.14. The topological polar surface area (TPSA) is 61.3 Å². The smallest absolute Gasteiger partial charge is 0.227 e. The quantitative estimate of drug-likeness (QED) is 0.533. The van der Waals surface area contributed by atoms with Gasteiger partial charge in [-0.05, 0) is 44.7 Å². The number of benzene rings is 1. The SMILES string of the molecule is Cc1ccc(-c2cc(N3CCN(c4nccnc4Cl)CCC3C)nc(N3CCCC3)n2)cc1F. The normalized spacial score (nSPS) is 18.9. The zero-order chi connectivity index (χ0) is 23.7. The van der Waals surface area contributed by atoms with E-state index in [1.54, 1.807) is 31.5 Å². The molecular weight excluding hydrogens is 453 g/mol. The van der Waals surface area contributed by atoms with Gasteiger partial charge in [0.25, 0.3) is 0 Å². The van der Waals surface area contributed by atoms with Gasteiger partial charge in [0.15, 0.2) is 11.0 Å². The Labute approximate surface area is 204 Å². The molecule has 2 aromatic heterocycles. The number of anilines is 3. The second-order valence-electron chi connectivity index (χ2n) is 9.06. The summed E-state index contributed by atoms with van der Waals surface area (Å²) in [6, 6.07) is 7.55. The van der Waals surface area contributed by atoms with Crippen molar-refractivity contribution >= 4 is 29.2 Å². The van der Waals surface area contributed by atoms with Crippen LogP contribution >= 0.6 is 11.6 Å². The summed E-state index contributed by atoms with van der Waals surface area (Å²) < 4.78 is 14.4. The van der Waals surface area contributed by atoms with Crippen LogP contribution in [-0.4, -0.2) is 58.7 Å². The molecule has 5 rings (SSSR count). The molecule has 0 bridgehead atoms. The molecule has 34 heavy (non-hydrogen) atoms. The van der Waals surface area contributed by atoms with E-state index in [1.807, 2.05) is 12.1 Å². The van der Waals surface area contributed by atoms with Gasteiger partial charge in [-0.1, -0.05) is 23.7 Å². The minimum Gasteiger partial charge on any atom is -0.352 e. The van der Waals surface area contributed by atoms with Crippen molar-refractivity contribution in [2.75, 3.05) is 47.4 Å². The van der Waals surface area contributed by atoms with Crippen LogP contribution in [0.2, 0.25) is 5.15 Å². The van der Waals surface area contributed by atoms with E-state index in [1.165, 1.54) is 0 Å². The maximum absolute atomic E-state index is 14.4. The number of rotatable bonds is 4. The van der Waals surface area contributed by atoms with Gasteiger partial charge in [-0.3, -0.25) is 0 Å². The van der Waals surface area contributed by atoms with Gasteiger partial charge in [-0.15, -0.1) is 0 Å². The first-order valence-corrected chi connectivity index (χ1v) is 12.3. The Kier molecular flexibility index (Phi) is 6.50. The molecule has 4 heterocycles. The van der Waals surface area contributed by atoms with Crippen molar-refractivity contribution in [2.24, 2.45) is 0 Å². The van der Waals surface area contributed by atoms with Gasteiger partial charge >= 0.3 is 0 Å². The molecule has 0 radical (unpaired) electrons. The van der Waals surface area contributed by atoms with E-state index >= 15 is 0 Å². The van der Waals surface area contributed by atoms with Crippen LogP contribution in [0.4, 0.5) is 22.0 Å². The van der Waals surface area contributed by atoms with Gasteiger partial charge in [0, 0.05) is 62.8 Å². The van der Waals surface area contributed by atoms with Crippen LogP contribution in [0.1, 0.15) is 31.7 Å². The number of hydrogen-bond acceptors (Lipinski definition) is 7. The number of aromatic nitrogens is 4. The maximum Gasteiger partial charge on any atom is 0.227 e. The minimum atomic E-state index is -0.222. The predicted octanol–water partition coefficient (Wildman–Crippen LogP) is 4.74. The molecule has 7 nitrogen and oxygen atoms in total. The molecule has 0 N–H and O–H groups in total. The standard InChI is InChI=1S/C25H29ClFN7/c1-17-5-6-19(15-20(17)27)21-16-22(31-25(30-21)33-10-3-4-11-33)34-14-13-32(12-7-18(34)2)24-23(26)28-8-9-29-24/h5-6,8-9,15-16,18H,3-4,7,10-14H2,1-2H3. The van der Waals surface area contributed by atoms with Crippen molar-refractivity contribution in [2.45, 2.75) is 39.2 Å². The molecule has 2 aliphatic heterocycles. The molecule has 1 atom stereocenters. The third-order valence-corrected chi connectivity index (χ3v) is 7.01. The van der Waals surface area contributed by atoms with Crippen LogP contribution in [0.5, 0.6) is 0 Å². The van der Waals surface area contributed by atoms with E-state index in [-0.39, 0.29) is 11.9 Å². The summed E-state index contributed by atoms with van der Waals surface area (Å²) in [4.78, 5) is 25.2. The maximum atomic E-state index is 14.4. The predicted molar refractivity (Wildman–Crippen MR) is 134 cm³/mol. The largest absolute Gasteiger partial charge is 0.352 e. The first kappa shape index (κ1) is 22.8. The molecule has 0 spiro atoms. The van der Waals surface area contributed by atoms with E-state index in [0.717, 1.165) is 80.8 Å². The molecule has 3 aromatic rings. The Morgan fingerprint density at radius 3 is 2.50 bits per heavy atom. The summed E-state index contributed by atoms with van der Waals surface area (Å²) in [5.74, 6) is 2.08. The van der Waals surface area contributed by atoms with Gasteiger partial charge in [0.05, 0.1) is 5.69 Å². The molecule has 1 unspecified atom stereocenters. The molecule has 9 heteroatoms. The van der Waals surface area contributed by atoms with Crippen LogP contribution < -0.4 is 14.7 Å². The van der Waals surface area contributed by atoms with Gasteiger partial charge in [0.1, 0.15) is 11.6 Å². The van der Waals surface area contributed by atoms with Crippen molar-refractivity contribution in [3.05, 3.63) is 53.2 Å². The van der Waals surface area contributed by atoms with E-state index in [4.69, 9.17) is 21.6 Å². The summed E-state index contributed by atoms with van der Waals surface area (Å²) in [7, 11) is 0. The Morgan fingerprint density at radius 1 is 0.941 bits per heavy atom. The summed E-state index contributed by atoms with van der Waals surface area (Å²) in [6.45, 7) is 8.21. The lowest BCUT2D eigenvalue weighted by molar-refractivity contribution is 0.619. The molecule has 178 valence electrons. The number of nitrogens with zero attached hydrogens (tertiary/aromatic N) is 7. The monoisotopic (exact) mass is 481 g/mol.